The van der Waals surface area contributed by atoms with Crippen LogP contribution in [-0.2, 0) is 14.3 Å². The maximum absolute atomic E-state index is 13.2. The summed E-state index contributed by atoms with van der Waals surface area (Å²) in [6, 6.07) is 9.56. The summed E-state index contributed by atoms with van der Waals surface area (Å²) in [5.74, 6) is -0.881. The molecule has 1 heterocycles. The second kappa shape index (κ2) is 7.47. The van der Waals surface area contributed by atoms with Gasteiger partial charge < -0.3 is 14.6 Å². The van der Waals surface area contributed by atoms with Gasteiger partial charge in [-0.2, -0.15) is 0 Å². The first-order chi connectivity index (χ1) is 13.8. The van der Waals surface area contributed by atoms with E-state index < -0.39 is 11.6 Å². The molecule has 1 aliphatic carbocycles. The highest BCUT2D eigenvalue weighted by Crippen LogP contribution is 2.47. The lowest BCUT2D eigenvalue weighted by Crippen LogP contribution is -2.38. The summed E-state index contributed by atoms with van der Waals surface area (Å²) in [4.78, 5) is 12.7. The number of ether oxygens (including phenoxy) is 2. The lowest BCUT2D eigenvalue weighted by molar-refractivity contribution is -0.151. The Bertz CT molecular complexity index is 989. The number of rotatable bonds is 3. The highest BCUT2D eigenvalue weighted by Gasteiger charge is 2.50. The molecule has 1 saturated carbocycles. The average molecular weight is 417 g/mol. The van der Waals surface area contributed by atoms with E-state index in [0.29, 0.717) is 36.3 Å². The van der Waals surface area contributed by atoms with Crippen LogP contribution in [0, 0.1) is 12.7 Å². The Balaban J connectivity index is 1.73. The molecule has 2 aliphatic rings. The number of esters is 1. The average Bonchev–Trinajstić information content (AvgIpc) is 2.94. The summed E-state index contributed by atoms with van der Waals surface area (Å²) >= 11 is 6.50. The lowest BCUT2D eigenvalue weighted by atomic mass is 9.81. The minimum atomic E-state index is -0.976. The second-order valence-electron chi connectivity index (χ2n) is 7.70. The Morgan fingerprint density at radius 1 is 1.17 bits per heavy atom. The maximum Gasteiger partial charge on any atom is 0.343 e. The van der Waals surface area contributed by atoms with Crippen LogP contribution < -0.4 is 0 Å². The number of carbonyl (C=O) groups is 1. The minimum absolute atomic E-state index is 0.0225. The molecular weight excluding hydrogens is 395 g/mol. The standard InChI is InChI=1S/C23H22ClFO4/c1-13-11-18(14-3-5-15(25)6-4-14)19(24)12-17(13)20-21(26)23(29-22(20)27)9-7-16(28-2)8-10-23/h3-6,11-12,16,26H,7-10H2,1-2H3. The van der Waals surface area contributed by atoms with Crippen molar-refractivity contribution in [3.8, 4) is 11.1 Å². The van der Waals surface area contributed by atoms with Crippen LogP contribution in [0.1, 0.15) is 36.8 Å². The molecule has 1 fully saturated rings. The van der Waals surface area contributed by atoms with Gasteiger partial charge in [-0.15, -0.1) is 0 Å². The summed E-state index contributed by atoms with van der Waals surface area (Å²) in [7, 11) is 1.67. The van der Waals surface area contributed by atoms with E-state index in [-0.39, 0.29) is 23.3 Å². The molecule has 0 amide bonds. The highest BCUT2D eigenvalue weighted by molar-refractivity contribution is 6.34. The van der Waals surface area contributed by atoms with E-state index in [0.717, 1.165) is 16.7 Å². The number of hydrogen-bond acceptors (Lipinski definition) is 4. The normalized spacial score (nSPS) is 24.3. The number of hydrogen-bond donors (Lipinski definition) is 1. The minimum Gasteiger partial charge on any atom is -0.507 e. The third-order valence-electron chi connectivity index (χ3n) is 5.97. The summed E-state index contributed by atoms with van der Waals surface area (Å²) in [6.07, 6.45) is 2.58. The number of aliphatic hydroxyl groups is 1. The molecule has 1 spiro atoms. The van der Waals surface area contributed by atoms with Crippen LogP contribution in [-0.4, -0.2) is 29.9 Å². The third kappa shape index (κ3) is 3.43. The van der Waals surface area contributed by atoms with Gasteiger partial charge in [0.05, 0.1) is 6.10 Å². The van der Waals surface area contributed by atoms with Crippen LogP contribution in [0.15, 0.2) is 42.2 Å². The van der Waals surface area contributed by atoms with Crippen LogP contribution in [0.2, 0.25) is 5.02 Å². The van der Waals surface area contributed by atoms with Crippen molar-refractivity contribution in [2.75, 3.05) is 7.11 Å². The Morgan fingerprint density at radius 2 is 1.83 bits per heavy atom. The van der Waals surface area contributed by atoms with Crippen LogP contribution in [0.3, 0.4) is 0 Å². The zero-order chi connectivity index (χ0) is 20.8. The molecule has 1 N–H and O–H groups in total. The fraction of sp³-hybridized carbons (Fsp3) is 0.348. The molecule has 4 nitrogen and oxygen atoms in total. The van der Waals surface area contributed by atoms with Gasteiger partial charge in [0, 0.05) is 17.7 Å². The van der Waals surface area contributed by atoms with Crippen LogP contribution in [0.4, 0.5) is 4.39 Å². The van der Waals surface area contributed by atoms with Crippen molar-refractivity contribution in [1.82, 2.24) is 0 Å². The summed E-state index contributed by atoms with van der Waals surface area (Å²) in [5, 5.41) is 11.4. The molecule has 0 unspecified atom stereocenters. The molecule has 0 bridgehead atoms. The molecule has 152 valence electrons. The number of benzene rings is 2. The van der Waals surface area contributed by atoms with E-state index in [1.807, 2.05) is 13.0 Å². The number of methoxy groups -OCH3 is 1. The van der Waals surface area contributed by atoms with Gasteiger partial charge in [0.1, 0.15) is 11.4 Å². The first-order valence-electron chi connectivity index (χ1n) is 9.61. The Morgan fingerprint density at radius 3 is 2.45 bits per heavy atom. The van der Waals surface area contributed by atoms with Crippen LogP contribution in [0.5, 0.6) is 0 Å². The van der Waals surface area contributed by atoms with Gasteiger partial charge in [0.15, 0.2) is 11.4 Å². The largest absolute Gasteiger partial charge is 0.507 e. The van der Waals surface area contributed by atoms with Crippen molar-refractivity contribution in [3.05, 3.63) is 64.1 Å². The predicted molar refractivity (Wildman–Crippen MR) is 109 cm³/mol. The fourth-order valence-corrected chi connectivity index (χ4v) is 4.55. The van der Waals surface area contributed by atoms with E-state index in [1.54, 1.807) is 25.3 Å². The molecule has 4 rings (SSSR count). The van der Waals surface area contributed by atoms with Crippen molar-refractivity contribution in [3.63, 3.8) is 0 Å². The van der Waals surface area contributed by atoms with Crippen molar-refractivity contribution >= 4 is 23.1 Å². The fourth-order valence-electron chi connectivity index (χ4n) is 4.27. The molecule has 0 saturated heterocycles. The Hall–Kier alpha value is -2.37. The van der Waals surface area contributed by atoms with Gasteiger partial charge in [-0.25, -0.2) is 9.18 Å². The van der Waals surface area contributed by atoms with Gasteiger partial charge in [-0.1, -0.05) is 23.7 Å². The molecule has 0 radical (unpaired) electrons. The smallest absolute Gasteiger partial charge is 0.343 e. The van der Waals surface area contributed by atoms with E-state index in [1.165, 1.54) is 12.1 Å². The van der Waals surface area contributed by atoms with E-state index in [4.69, 9.17) is 21.1 Å². The van der Waals surface area contributed by atoms with Crippen molar-refractivity contribution < 1.29 is 23.8 Å². The number of aliphatic hydroxyl groups excluding tert-OH is 1. The van der Waals surface area contributed by atoms with Gasteiger partial charge in [0.2, 0.25) is 0 Å². The molecule has 29 heavy (non-hydrogen) atoms. The zero-order valence-electron chi connectivity index (χ0n) is 16.3. The zero-order valence-corrected chi connectivity index (χ0v) is 17.1. The van der Waals surface area contributed by atoms with Gasteiger partial charge in [0.25, 0.3) is 0 Å². The SMILES string of the molecule is COC1CCC2(CC1)OC(=O)C(c1cc(Cl)c(-c3ccc(F)cc3)cc1C)=C2O. The van der Waals surface area contributed by atoms with Crippen molar-refractivity contribution in [1.29, 1.82) is 0 Å². The first-order valence-corrected chi connectivity index (χ1v) is 9.99. The van der Waals surface area contributed by atoms with Gasteiger partial charge >= 0.3 is 5.97 Å². The van der Waals surface area contributed by atoms with Crippen molar-refractivity contribution in [2.45, 2.75) is 44.3 Å². The first kappa shape index (κ1) is 19.9. The van der Waals surface area contributed by atoms with Crippen LogP contribution in [0.25, 0.3) is 16.7 Å². The lowest BCUT2D eigenvalue weighted by Gasteiger charge is -2.35. The number of halogens is 2. The predicted octanol–water partition coefficient (Wildman–Crippen LogP) is 5.61. The Kier molecular flexibility index (Phi) is 5.13. The maximum atomic E-state index is 13.2. The number of aryl methyl sites for hydroxylation is 1. The van der Waals surface area contributed by atoms with Gasteiger partial charge in [-0.3, -0.25) is 0 Å². The van der Waals surface area contributed by atoms with Crippen molar-refractivity contribution in [2.24, 2.45) is 0 Å². The summed E-state index contributed by atoms with van der Waals surface area (Å²) in [5.41, 5.74) is 2.02. The topological polar surface area (TPSA) is 55.8 Å². The van der Waals surface area contributed by atoms with E-state index >= 15 is 0 Å². The highest BCUT2D eigenvalue weighted by atomic mass is 35.5. The second-order valence-corrected chi connectivity index (χ2v) is 8.10. The molecule has 2 aromatic carbocycles. The molecule has 6 heteroatoms. The summed E-state index contributed by atoms with van der Waals surface area (Å²) < 4.78 is 24.3. The molecular formula is C23H22ClFO4. The Labute approximate surface area is 173 Å². The van der Waals surface area contributed by atoms with E-state index in [9.17, 15) is 14.3 Å². The monoisotopic (exact) mass is 416 g/mol. The quantitative estimate of drug-likeness (QED) is 0.661. The van der Waals surface area contributed by atoms with E-state index in [2.05, 4.69) is 0 Å². The molecule has 0 aromatic heterocycles. The third-order valence-corrected chi connectivity index (χ3v) is 6.29. The summed E-state index contributed by atoms with van der Waals surface area (Å²) in [6.45, 7) is 1.85. The molecule has 2 aromatic rings. The van der Waals surface area contributed by atoms with Crippen LogP contribution >= 0.6 is 11.6 Å². The molecule has 0 atom stereocenters. The number of carbonyl (C=O) groups excluding carboxylic acids is 1. The molecule has 1 aliphatic heterocycles. The van der Waals surface area contributed by atoms with Gasteiger partial charge in [-0.05, 0) is 73.6 Å².